The Balaban J connectivity index is 2.70. The summed E-state index contributed by atoms with van der Waals surface area (Å²) in [5.41, 5.74) is 2.09. The number of hydrogen-bond donors (Lipinski definition) is 0. The highest BCUT2D eigenvalue weighted by Crippen LogP contribution is 2.23. The molecule has 0 aliphatic heterocycles. The van der Waals surface area contributed by atoms with Crippen LogP contribution in [0.2, 0.25) is 0 Å². The number of rotatable bonds is 8. The maximum Gasteiger partial charge on any atom is 0.138 e. The van der Waals surface area contributed by atoms with E-state index in [1.807, 2.05) is 4.68 Å². The zero-order chi connectivity index (χ0) is 13.5. The van der Waals surface area contributed by atoms with Gasteiger partial charge in [-0.1, -0.05) is 26.7 Å². The molecule has 0 radical (unpaired) electrons. The van der Waals surface area contributed by atoms with Crippen LogP contribution in [0.1, 0.15) is 57.8 Å². The molecule has 0 unspecified atom stereocenters. The smallest absolute Gasteiger partial charge is 0.138 e. The fourth-order valence-electron chi connectivity index (χ4n) is 2.03. The lowest BCUT2D eigenvalue weighted by Gasteiger charge is -2.04. The van der Waals surface area contributed by atoms with Crippen molar-refractivity contribution in [2.24, 2.45) is 0 Å². The first kappa shape index (κ1) is 15.4. The third kappa shape index (κ3) is 3.94. The summed E-state index contributed by atoms with van der Waals surface area (Å²) in [7, 11) is 0. The third-order valence-electron chi connectivity index (χ3n) is 3.12. The number of ketones is 1. The molecule has 0 saturated heterocycles. The average molecular weight is 315 g/mol. The maximum atomic E-state index is 11.9. The van der Waals surface area contributed by atoms with Gasteiger partial charge in [0.05, 0.1) is 15.9 Å². The molecule has 0 aliphatic rings. The number of aryl methyl sites for hydroxylation is 2. The molecule has 1 aromatic heterocycles. The molecule has 0 atom stereocenters. The first-order valence-corrected chi connectivity index (χ1v) is 7.69. The fourth-order valence-corrected chi connectivity index (χ4v) is 2.74. The highest BCUT2D eigenvalue weighted by Gasteiger charge is 2.16. The second-order valence-electron chi connectivity index (χ2n) is 4.55. The number of halogens is 1. The third-order valence-corrected chi connectivity index (χ3v) is 4.03. The summed E-state index contributed by atoms with van der Waals surface area (Å²) in [5.74, 6) is 0.321. The van der Waals surface area contributed by atoms with Crippen molar-refractivity contribution in [1.29, 1.82) is 0 Å². The first-order valence-electron chi connectivity index (χ1n) is 6.89. The van der Waals surface area contributed by atoms with Crippen LogP contribution in [0, 0.1) is 0 Å². The number of Topliss-reactive ketones (excluding diaryl/α,β-unsaturated/α-hetero) is 1. The van der Waals surface area contributed by atoms with Gasteiger partial charge in [-0.15, -0.1) is 0 Å². The molecular formula is C14H23BrN2O. The average Bonchev–Trinajstić information content (AvgIpc) is 2.66. The van der Waals surface area contributed by atoms with Crippen LogP contribution >= 0.6 is 15.9 Å². The Morgan fingerprint density at radius 3 is 2.56 bits per heavy atom. The van der Waals surface area contributed by atoms with E-state index >= 15 is 0 Å². The van der Waals surface area contributed by atoms with E-state index in [9.17, 15) is 4.79 Å². The monoisotopic (exact) mass is 314 g/mol. The van der Waals surface area contributed by atoms with Gasteiger partial charge < -0.3 is 0 Å². The Morgan fingerprint density at radius 2 is 2.00 bits per heavy atom. The number of nitrogens with zero attached hydrogens (tertiary/aromatic N) is 2. The van der Waals surface area contributed by atoms with Crippen LogP contribution in [0.3, 0.4) is 0 Å². The number of aromatic nitrogens is 2. The molecule has 4 heteroatoms. The van der Waals surface area contributed by atoms with Crippen LogP contribution in [0.15, 0.2) is 4.47 Å². The molecule has 1 rings (SSSR count). The largest absolute Gasteiger partial charge is 0.299 e. The minimum atomic E-state index is 0.321. The first-order chi connectivity index (χ1) is 8.63. The van der Waals surface area contributed by atoms with Gasteiger partial charge in [-0.3, -0.25) is 9.48 Å². The summed E-state index contributed by atoms with van der Waals surface area (Å²) in [6.45, 7) is 7.11. The SMILES string of the molecule is CCCCCC(=O)Cc1c(Br)c(CC)nn1CC. The summed E-state index contributed by atoms with van der Waals surface area (Å²) in [6, 6.07) is 0. The maximum absolute atomic E-state index is 11.9. The Kier molecular flexibility index (Phi) is 6.61. The van der Waals surface area contributed by atoms with Gasteiger partial charge in [0.2, 0.25) is 0 Å². The predicted molar refractivity (Wildman–Crippen MR) is 77.8 cm³/mol. The van der Waals surface area contributed by atoms with Gasteiger partial charge in [0.15, 0.2) is 0 Å². The molecular weight excluding hydrogens is 292 g/mol. The Labute approximate surface area is 118 Å². The molecule has 0 aromatic carbocycles. The lowest BCUT2D eigenvalue weighted by Crippen LogP contribution is -2.09. The molecule has 18 heavy (non-hydrogen) atoms. The van der Waals surface area contributed by atoms with Crippen molar-refractivity contribution in [3.63, 3.8) is 0 Å². The van der Waals surface area contributed by atoms with Gasteiger partial charge in [-0.25, -0.2) is 0 Å². The molecule has 1 aromatic rings. The van der Waals surface area contributed by atoms with E-state index in [2.05, 4.69) is 41.8 Å². The molecule has 0 saturated carbocycles. The molecule has 0 bridgehead atoms. The second-order valence-corrected chi connectivity index (χ2v) is 5.34. The highest BCUT2D eigenvalue weighted by molar-refractivity contribution is 9.10. The predicted octanol–water partition coefficient (Wildman–Crippen LogP) is 3.92. The van der Waals surface area contributed by atoms with Crippen LogP contribution in [0.5, 0.6) is 0 Å². The Bertz CT molecular complexity index is 399. The number of unbranched alkanes of at least 4 members (excludes halogenated alkanes) is 2. The quantitative estimate of drug-likeness (QED) is 0.682. The van der Waals surface area contributed by atoms with E-state index in [0.717, 1.165) is 48.1 Å². The van der Waals surface area contributed by atoms with Crippen molar-refractivity contribution < 1.29 is 4.79 Å². The normalized spacial score (nSPS) is 10.9. The van der Waals surface area contributed by atoms with Gasteiger partial charge in [0, 0.05) is 19.4 Å². The zero-order valence-electron chi connectivity index (χ0n) is 11.6. The lowest BCUT2D eigenvalue weighted by molar-refractivity contribution is -0.118. The van der Waals surface area contributed by atoms with Crippen LogP contribution in [0.25, 0.3) is 0 Å². The van der Waals surface area contributed by atoms with E-state index in [4.69, 9.17) is 0 Å². The van der Waals surface area contributed by atoms with Gasteiger partial charge in [-0.05, 0) is 35.7 Å². The van der Waals surface area contributed by atoms with Gasteiger partial charge in [-0.2, -0.15) is 5.10 Å². The topological polar surface area (TPSA) is 34.9 Å². The van der Waals surface area contributed by atoms with Crippen molar-refractivity contribution >= 4 is 21.7 Å². The highest BCUT2D eigenvalue weighted by atomic mass is 79.9. The number of carbonyl (C=O) groups excluding carboxylic acids is 1. The summed E-state index contributed by atoms with van der Waals surface area (Å²) < 4.78 is 2.97. The van der Waals surface area contributed by atoms with Crippen LogP contribution in [-0.2, 0) is 24.2 Å². The molecule has 0 spiro atoms. The van der Waals surface area contributed by atoms with E-state index in [1.54, 1.807) is 0 Å². The van der Waals surface area contributed by atoms with Crippen molar-refractivity contribution in [2.75, 3.05) is 0 Å². The molecule has 0 N–H and O–H groups in total. The van der Waals surface area contributed by atoms with Crippen LogP contribution < -0.4 is 0 Å². The number of hydrogen-bond acceptors (Lipinski definition) is 2. The summed E-state index contributed by atoms with van der Waals surface area (Å²) >= 11 is 3.58. The summed E-state index contributed by atoms with van der Waals surface area (Å²) in [6.07, 6.45) is 5.39. The molecule has 0 amide bonds. The van der Waals surface area contributed by atoms with E-state index in [-0.39, 0.29) is 0 Å². The van der Waals surface area contributed by atoms with Crippen LogP contribution in [0.4, 0.5) is 0 Å². The van der Waals surface area contributed by atoms with Gasteiger partial charge >= 0.3 is 0 Å². The Hall–Kier alpha value is -0.640. The van der Waals surface area contributed by atoms with Gasteiger partial charge in [0.1, 0.15) is 5.78 Å². The van der Waals surface area contributed by atoms with Crippen molar-refractivity contribution in [2.45, 2.75) is 65.8 Å². The number of carbonyl (C=O) groups is 1. The minimum absolute atomic E-state index is 0.321. The van der Waals surface area contributed by atoms with Crippen molar-refractivity contribution in [3.8, 4) is 0 Å². The molecule has 3 nitrogen and oxygen atoms in total. The van der Waals surface area contributed by atoms with Gasteiger partial charge in [0.25, 0.3) is 0 Å². The van der Waals surface area contributed by atoms with Crippen molar-refractivity contribution in [3.05, 3.63) is 15.9 Å². The van der Waals surface area contributed by atoms with E-state index in [1.165, 1.54) is 0 Å². The summed E-state index contributed by atoms with van der Waals surface area (Å²) in [5, 5.41) is 4.51. The van der Waals surface area contributed by atoms with Crippen LogP contribution in [-0.4, -0.2) is 15.6 Å². The second kappa shape index (κ2) is 7.72. The fraction of sp³-hybridized carbons (Fsp3) is 0.714. The molecule has 0 aliphatic carbocycles. The molecule has 102 valence electrons. The standard InChI is InChI=1S/C14H23BrN2O/c1-4-7-8-9-11(18)10-13-14(15)12(5-2)16-17(13)6-3/h4-10H2,1-3H3. The van der Waals surface area contributed by atoms with Crippen molar-refractivity contribution in [1.82, 2.24) is 9.78 Å². The minimum Gasteiger partial charge on any atom is -0.299 e. The molecule has 1 heterocycles. The Morgan fingerprint density at radius 1 is 1.28 bits per heavy atom. The van der Waals surface area contributed by atoms with E-state index in [0.29, 0.717) is 18.6 Å². The molecule has 0 fully saturated rings. The lowest BCUT2D eigenvalue weighted by atomic mass is 10.1. The van der Waals surface area contributed by atoms with E-state index < -0.39 is 0 Å². The summed E-state index contributed by atoms with van der Waals surface area (Å²) in [4.78, 5) is 11.9. The zero-order valence-corrected chi connectivity index (χ0v) is 13.2.